The number of hydrogen-bond acceptors (Lipinski definition) is 6. The van der Waals surface area contributed by atoms with Gasteiger partial charge in [0.25, 0.3) is 0 Å². The molecule has 1 saturated heterocycles. The number of hydrogen-bond donors (Lipinski definition) is 2. The Morgan fingerprint density at radius 3 is 2.73 bits per heavy atom. The summed E-state index contributed by atoms with van der Waals surface area (Å²) in [6, 6.07) is 5.79. The predicted octanol–water partition coefficient (Wildman–Crippen LogP) is 3.01. The first-order valence-electron chi connectivity index (χ1n) is 9.56. The summed E-state index contributed by atoms with van der Waals surface area (Å²) in [5.74, 6) is -2.03. The van der Waals surface area contributed by atoms with E-state index in [9.17, 15) is 13.6 Å². The van der Waals surface area contributed by atoms with E-state index in [1.165, 1.54) is 24.4 Å². The largest absolute Gasteiger partial charge is 0.460 e. The first-order chi connectivity index (χ1) is 14.2. The molecule has 2 heterocycles. The molecule has 7 nitrogen and oxygen atoms in total. The van der Waals surface area contributed by atoms with Crippen LogP contribution in [0.25, 0.3) is 11.1 Å². The number of halogens is 2. The fourth-order valence-corrected chi connectivity index (χ4v) is 3.17. The van der Waals surface area contributed by atoms with Gasteiger partial charge < -0.3 is 20.1 Å². The standard InChI is InChI=1S/C21H24F2N4O3/c1-12(2)30-15-9-27(10-15)21-17(22)6-14(8-26-21)16-5-3-4-13(20(16)23)11-29-19(28)7-18(24)25/h3-6,8,12,15H,7,9-11H2,1-2H3,(H3,24,25). The van der Waals surface area contributed by atoms with Crippen molar-refractivity contribution in [3.8, 4) is 11.1 Å². The van der Waals surface area contributed by atoms with Crippen molar-refractivity contribution < 1.29 is 23.0 Å². The second-order valence-electron chi connectivity index (χ2n) is 7.38. The molecule has 30 heavy (non-hydrogen) atoms. The summed E-state index contributed by atoms with van der Waals surface area (Å²) in [5.41, 5.74) is 5.70. The maximum atomic E-state index is 14.9. The monoisotopic (exact) mass is 418 g/mol. The second-order valence-corrected chi connectivity index (χ2v) is 7.38. The van der Waals surface area contributed by atoms with Gasteiger partial charge in [-0.05, 0) is 19.9 Å². The molecule has 3 N–H and O–H groups in total. The third kappa shape index (κ3) is 5.10. The number of nitrogens with two attached hydrogens (primary N) is 1. The number of pyridine rings is 1. The number of rotatable bonds is 8. The molecule has 0 unspecified atom stereocenters. The molecule has 1 aliphatic heterocycles. The van der Waals surface area contributed by atoms with Crippen molar-refractivity contribution in [2.75, 3.05) is 18.0 Å². The molecule has 2 aromatic rings. The van der Waals surface area contributed by atoms with Crippen LogP contribution in [0.1, 0.15) is 25.8 Å². The Hall–Kier alpha value is -3.07. The predicted molar refractivity (Wildman–Crippen MR) is 108 cm³/mol. The highest BCUT2D eigenvalue weighted by molar-refractivity contribution is 5.94. The summed E-state index contributed by atoms with van der Waals surface area (Å²) in [6.07, 6.45) is 1.20. The molecule has 3 rings (SSSR count). The highest BCUT2D eigenvalue weighted by Gasteiger charge is 2.31. The normalized spacial score (nSPS) is 14.0. The minimum Gasteiger partial charge on any atom is -0.460 e. The molecule has 0 aliphatic carbocycles. The van der Waals surface area contributed by atoms with E-state index in [-0.39, 0.29) is 53.6 Å². The smallest absolute Gasteiger partial charge is 0.313 e. The third-order valence-electron chi connectivity index (χ3n) is 4.55. The second kappa shape index (κ2) is 9.17. The topological polar surface area (TPSA) is 102 Å². The summed E-state index contributed by atoms with van der Waals surface area (Å²) in [6.45, 7) is 4.69. The Labute approximate surface area is 173 Å². The number of esters is 1. The molecule has 0 bridgehead atoms. The van der Waals surface area contributed by atoms with E-state index in [1.807, 2.05) is 13.8 Å². The van der Waals surface area contributed by atoms with Gasteiger partial charge in [0.05, 0.1) is 12.2 Å². The van der Waals surface area contributed by atoms with Gasteiger partial charge in [0.1, 0.15) is 24.7 Å². The van der Waals surface area contributed by atoms with Crippen molar-refractivity contribution in [1.82, 2.24) is 4.98 Å². The molecular formula is C21H24F2N4O3. The van der Waals surface area contributed by atoms with Crippen LogP contribution in [0.3, 0.4) is 0 Å². The van der Waals surface area contributed by atoms with Crippen LogP contribution in [-0.4, -0.2) is 42.1 Å². The van der Waals surface area contributed by atoms with Crippen molar-refractivity contribution in [1.29, 1.82) is 5.41 Å². The van der Waals surface area contributed by atoms with Gasteiger partial charge in [0.15, 0.2) is 11.6 Å². The number of anilines is 1. The molecule has 0 atom stereocenters. The first-order valence-corrected chi connectivity index (χ1v) is 9.56. The lowest BCUT2D eigenvalue weighted by Crippen LogP contribution is -2.53. The fourth-order valence-electron chi connectivity index (χ4n) is 3.17. The van der Waals surface area contributed by atoms with E-state index in [0.717, 1.165) is 0 Å². The molecule has 160 valence electrons. The summed E-state index contributed by atoms with van der Waals surface area (Å²) >= 11 is 0. The SMILES string of the molecule is CC(C)OC1CN(c2ncc(-c3cccc(COC(=O)CC(=N)N)c3F)cc2F)C1. The van der Waals surface area contributed by atoms with Crippen LogP contribution < -0.4 is 10.6 Å². The first kappa shape index (κ1) is 21.6. The molecular weight excluding hydrogens is 394 g/mol. The highest BCUT2D eigenvalue weighted by atomic mass is 19.1. The molecule has 1 fully saturated rings. The molecule has 0 spiro atoms. The van der Waals surface area contributed by atoms with E-state index in [0.29, 0.717) is 13.1 Å². The molecule has 1 aromatic carbocycles. The summed E-state index contributed by atoms with van der Waals surface area (Å²) in [4.78, 5) is 17.5. The van der Waals surface area contributed by atoms with Gasteiger partial charge in [0.2, 0.25) is 0 Å². The van der Waals surface area contributed by atoms with Crippen LogP contribution in [0.2, 0.25) is 0 Å². The number of carbonyl (C=O) groups is 1. The maximum absolute atomic E-state index is 14.9. The van der Waals surface area contributed by atoms with Gasteiger partial charge >= 0.3 is 5.97 Å². The van der Waals surface area contributed by atoms with Gasteiger partial charge in [-0.3, -0.25) is 10.2 Å². The Balaban J connectivity index is 1.71. The van der Waals surface area contributed by atoms with Crippen molar-refractivity contribution >= 4 is 17.6 Å². The van der Waals surface area contributed by atoms with Crippen molar-refractivity contribution in [3.05, 3.63) is 47.7 Å². The van der Waals surface area contributed by atoms with Crippen LogP contribution in [-0.2, 0) is 20.9 Å². The number of nitrogens with zero attached hydrogens (tertiary/aromatic N) is 2. The van der Waals surface area contributed by atoms with Gasteiger partial charge in [0, 0.05) is 36.0 Å². The molecule has 9 heteroatoms. The summed E-state index contributed by atoms with van der Waals surface area (Å²) in [5, 5.41) is 7.07. The zero-order chi connectivity index (χ0) is 21.8. The Kier molecular flexibility index (Phi) is 6.61. The zero-order valence-corrected chi connectivity index (χ0v) is 16.8. The lowest BCUT2D eigenvalue weighted by atomic mass is 10.0. The summed E-state index contributed by atoms with van der Waals surface area (Å²) in [7, 11) is 0. The van der Waals surface area contributed by atoms with Gasteiger partial charge in [-0.1, -0.05) is 18.2 Å². The van der Waals surface area contributed by atoms with Gasteiger partial charge in [-0.25, -0.2) is 13.8 Å². The third-order valence-corrected chi connectivity index (χ3v) is 4.55. The zero-order valence-electron chi connectivity index (χ0n) is 16.8. The van der Waals surface area contributed by atoms with Crippen LogP contribution in [0.4, 0.5) is 14.6 Å². The lowest BCUT2D eigenvalue weighted by molar-refractivity contribution is -0.143. The fraction of sp³-hybridized carbons (Fsp3) is 0.381. The van der Waals surface area contributed by atoms with E-state index in [4.69, 9.17) is 20.6 Å². The van der Waals surface area contributed by atoms with Gasteiger partial charge in [-0.2, -0.15) is 0 Å². The Bertz CT molecular complexity index is 946. The van der Waals surface area contributed by atoms with Crippen molar-refractivity contribution in [2.24, 2.45) is 5.73 Å². The minimum atomic E-state index is -0.723. The number of carbonyl (C=O) groups excluding carboxylic acids is 1. The van der Waals surface area contributed by atoms with Crippen LogP contribution in [0, 0.1) is 17.0 Å². The minimum absolute atomic E-state index is 0.0470. The van der Waals surface area contributed by atoms with Crippen LogP contribution >= 0.6 is 0 Å². The Morgan fingerprint density at radius 2 is 2.10 bits per heavy atom. The van der Waals surface area contributed by atoms with E-state index in [1.54, 1.807) is 11.0 Å². The number of aromatic nitrogens is 1. The molecule has 1 aromatic heterocycles. The van der Waals surface area contributed by atoms with Crippen molar-refractivity contribution in [2.45, 2.75) is 39.1 Å². The maximum Gasteiger partial charge on any atom is 0.313 e. The van der Waals surface area contributed by atoms with Gasteiger partial charge in [-0.15, -0.1) is 0 Å². The van der Waals surface area contributed by atoms with E-state index < -0.39 is 17.6 Å². The summed E-state index contributed by atoms with van der Waals surface area (Å²) < 4.78 is 40.1. The Morgan fingerprint density at radius 1 is 1.37 bits per heavy atom. The quantitative estimate of drug-likeness (QED) is 0.388. The molecule has 1 aliphatic rings. The lowest BCUT2D eigenvalue weighted by Gasteiger charge is -2.40. The molecule has 0 saturated carbocycles. The average molecular weight is 418 g/mol. The molecule has 0 radical (unpaired) electrons. The van der Waals surface area contributed by atoms with Crippen LogP contribution in [0.15, 0.2) is 30.5 Å². The van der Waals surface area contributed by atoms with Crippen molar-refractivity contribution in [3.63, 3.8) is 0 Å². The van der Waals surface area contributed by atoms with E-state index in [2.05, 4.69) is 4.98 Å². The number of nitrogens with one attached hydrogen (secondary N) is 1. The van der Waals surface area contributed by atoms with Crippen LogP contribution in [0.5, 0.6) is 0 Å². The highest BCUT2D eigenvalue weighted by Crippen LogP contribution is 2.30. The number of ether oxygens (including phenoxy) is 2. The number of benzene rings is 1. The van der Waals surface area contributed by atoms with E-state index >= 15 is 0 Å². The number of amidine groups is 1. The average Bonchev–Trinajstić information content (AvgIpc) is 2.63. The molecule has 0 amide bonds.